The van der Waals surface area contributed by atoms with Gasteiger partial charge in [-0.15, -0.1) is 0 Å². The Balaban J connectivity index is 1.77. The molecule has 25 heavy (non-hydrogen) atoms. The topological polar surface area (TPSA) is 55.2 Å². The van der Waals surface area contributed by atoms with Crippen molar-refractivity contribution in [2.75, 3.05) is 6.54 Å². The third-order valence-electron chi connectivity index (χ3n) is 4.75. The number of carbonyl (C=O) groups is 1. The van der Waals surface area contributed by atoms with E-state index >= 15 is 0 Å². The molecule has 0 saturated carbocycles. The van der Waals surface area contributed by atoms with Crippen molar-refractivity contribution in [3.05, 3.63) is 63.6 Å². The first-order valence-corrected chi connectivity index (χ1v) is 9.03. The van der Waals surface area contributed by atoms with Crippen LogP contribution in [0, 0.1) is 6.92 Å². The molecule has 0 radical (unpaired) electrons. The first-order chi connectivity index (χ1) is 12.1. The monoisotopic (exact) mass is 339 g/mol. The van der Waals surface area contributed by atoms with Gasteiger partial charge in [0.05, 0.1) is 0 Å². The summed E-state index contributed by atoms with van der Waals surface area (Å²) in [7, 11) is 0. The number of likely N-dealkylation sites (tertiary alicyclic amines) is 1. The molecule has 2 aromatic rings. The van der Waals surface area contributed by atoms with E-state index in [1.165, 1.54) is 21.9 Å². The number of hydrogen-bond acceptors (Lipinski definition) is 3. The van der Waals surface area contributed by atoms with Gasteiger partial charge >= 0.3 is 0 Å². The minimum Gasteiger partial charge on any atom is -0.334 e. The van der Waals surface area contributed by atoms with Crippen LogP contribution in [0.5, 0.6) is 0 Å². The Morgan fingerprint density at radius 3 is 2.68 bits per heavy atom. The number of amides is 1. The van der Waals surface area contributed by atoms with Gasteiger partial charge in [0.25, 0.3) is 11.5 Å². The summed E-state index contributed by atoms with van der Waals surface area (Å²) >= 11 is 0. The zero-order chi connectivity index (χ0) is 17.8. The minimum atomic E-state index is -0.156. The van der Waals surface area contributed by atoms with Crippen LogP contribution in [0.3, 0.4) is 0 Å². The molecular weight excluding hydrogens is 314 g/mol. The molecule has 1 fully saturated rings. The molecule has 1 saturated heterocycles. The minimum absolute atomic E-state index is 0.0699. The molecule has 132 valence electrons. The van der Waals surface area contributed by atoms with Gasteiger partial charge in [0.1, 0.15) is 5.69 Å². The Kier molecular flexibility index (Phi) is 5.31. The second kappa shape index (κ2) is 7.64. The first-order valence-electron chi connectivity index (χ1n) is 9.03. The highest BCUT2D eigenvalue weighted by Gasteiger charge is 2.30. The van der Waals surface area contributed by atoms with Crippen molar-refractivity contribution in [3.8, 4) is 0 Å². The van der Waals surface area contributed by atoms with Crippen molar-refractivity contribution in [1.82, 2.24) is 14.7 Å². The van der Waals surface area contributed by atoms with Gasteiger partial charge in [0, 0.05) is 25.2 Å². The predicted octanol–water partition coefficient (Wildman–Crippen LogP) is 2.81. The molecule has 2 heterocycles. The van der Waals surface area contributed by atoms with Gasteiger partial charge in [-0.05, 0) is 44.2 Å². The largest absolute Gasteiger partial charge is 0.334 e. The third kappa shape index (κ3) is 3.98. The number of benzene rings is 1. The molecule has 1 atom stereocenters. The van der Waals surface area contributed by atoms with Crippen LogP contribution in [0.1, 0.15) is 47.8 Å². The van der Waals surface area contributed by atoms with E-state index in [0.29, 0.717) is 12.2 Å². The standard InChI is InChI=1S/C20H25N3O2/c1-3-12-23-19(24)11-10-18(21-23)20(25)22-13-4-5-17(22)14-16-8-6-15(2)7-9-16/h6-11,17H,3-5,12-14H2,1-2H3/t17-/m0/s1. The summed E-state index contributed by atoms with van der Waals surface area (Å²) < 4.78 is 1.39. The number of hydrogen-bond donors (Lipinski definition) is 0. The van der Waals surface area contributed by atoms with E-state index in [9.17, 15) is 9.59 Å². The smallest absolute Gasteiger partial charge is 0.274 e. The Bertz CT molecular complexity index is 795. The molecule has 0 spiro atoms. The molecule has 1 aromatic carbocycles. The van der Waals surface area contributed by atoms with E-state index in [-0.39, 0.29) is 17.5 Å². The molecule has 3 rings (SSSR count). The van der Waals surface area contributed by atoms with Crippen LogP contribution in [-0.4, -0.2) is 33.2 Å². The van der Waals surface area contributed by atoms with Crippen LogP contribution in [0.15, 0.2) is 41.2 Å². The van der Waals surface area contributed by atoms with E-state index in [0.717, 1.165) is 32.2 Å². The Morgan fingerprint density at radius 1 is 1.20 bits per heavy atom. The van der Waals surface area contributed by atoms with Gasteiger partial charge in [-0.3, -0.25) is 9.59 Å². The highest BCUT2D eigenvalue weighted by molar-refractivity contribution is 5.92. The van der Waals surface area contributed by atoms with Gasteiger partial charge in [-0.25, -0.2) is 4.68 Å². The molecule has 0 N–H and O–H groups in total. The van der Waals surface area contributed by atoms with Crippen molar-refractivity contribution >= 4 is 5.91 Å². The first kappa shape index (κ1) is 17.4. The van der Waals surface area contributed by atoms with Crippen LogP contribution in [0.2, 0.25) is 0 Å². The zero-order valence-corrected chi connectivity index (χ0v) is 14.9. The van der Waals surface area contributed by atoms with Crippen molar-refractivity contribution < 1.29 is 4.79 Å². The van der Waals surface area contributed by atoms with Gasteiger partial charge < -0.3 is 4.90 Å². The van der Waals surface area contributed by atoms with Crippen molar-refractivity contribution in [2.45, 2.75) is 52.1 Å². The van der Waals surface area contributed by atoms with Crippen LogP contribution < -0.4 is 5.56 Å². The summed E-state index contributed by atoms with van der Waals surface area (Å²) in [6.45, 7) is 5.35. The van der Waals surface area contributed by atoms with E-state index in [1.54, 1.807) is 6.07 Å². The maximum absolute atomic E-state index is 12.9. The molecule has 1 aliphatic rings. The second-order valence-electron chi connectivity index (χ2n) is 6.76. The van der Waals surface area contributed by atoms with E-state index in [2.05, 4.69) is 36.3 Å². The quantitative estimate of drug-likeness (QED) is 0.842. The Labute approximate surface area is 148 Å². The number of carbonyl (C=O) groups excluding carboxylic acids is 1. The summed E-state index contributed by atoms with van der Waals surface area (Å²) in [5.74, 6) is -0.0699. The average Bonchev–Trinajstić information content (AvgIpc) is 3.06. The van der Waals surface area contributed by atoms with Gasteiger partial charge in [0.2, 0.25) is 0 Å². The summed E-state index contributed by atoms with van der Waals surface area (Å²) in [4.78, 5) is 26.7. The molecule has 0 unspecified atom stereocenters. The van der Waals surface area contributed by atoms with Crippen LogP contribution >= 0.6 is 0 Å². The lowest BCUT2D eigenvalue weighted by atomic mass is 10.0. The maximum Gasteiger partial charge on any atom is 0.274 e. The molecule has 0 bridgehead atoms. The molecule has 5 heteroatoms. The fourth-order valence-electron chi connectivity index (χ4n) is 3.39. The molecule has 5 nitrogen and oxygen atoms in total. The maximum atomic E-state index is 12.9. The molecular formula is C20H25N3O2. The van der Waals surface area contributed by atoms with E-state index in [1.807, 2.05) is 11.8 Å². The van der Waals surface area contributed by atoms with Crippen LogP contribution in [0.4, 0.5) is 0 Å². The molecule has 0 aliphatic carbocycles. The van der Waals surface area contributed by atoms with Crippen LogP contribution in [0.25, 0.3) is 0 Å². The number of aromatic nitrogens is 2. The van der Waals surface area contributed by atoms with E-state index in [4.69, 9.17) is 0 Å². The zero-order valence-electron chi connectivity index (χ0n) is 14.9. The van der Waals surface area contributed by atoms with E-state index < -0.39 is 0 Å². The molecule has 1 aliphatic heterocycles. The summed E-state index contributed by atoms with van der Waals surface area (Å²) in [5, 5.41) is 4.27. The average molecular weight is 339 g/mol. The summed E-state index contributed by atoms with van der Waals surface area (Å²) in [5.41, 5.74) is 2.70. The lowest BCUT2D eigenvalue weighted by molar-refractivity contribution is 0.0727. The fourth-order valence-corrected chi connectivity index (χ4v) is 3.39. The normalized spacial score (nSPS) is 17.0. The lowest BCUT2D eigenvalue weighted by Crippen LogP contribution is -2.38. The summed E-state index contributed by atoms with van der Waals surface area (Å²) in [6, 6.07) is 11.7. The van der Waals surface area contributed by atoms with Crippen molar-refractivity contribution in [1.29, 1.82) is 0 Å². The fraction of sp³-hybridized carbons (Fsp3) is 0.450. The SMILES string of the molecule is CCCn1nc(C(=O)N2CCC[C@H]2Cc2ccc(C)cc2)ccc1=O. The predicted molar refractivity (Wildman–Crippen MR) is 97.7 cm³/mol. The van der Waals surface area contributed by atoms with Crippen molar-refractivity contribution in [3.63, 3.8) is 0 Å². The molecule has 1 aromatic heterocycles. The van der Waals surface area contributed by atoms with Crippen LogP contribution in [-0.2, 0) is 13.0 Å². The summed E-state index contributed by atoms with van der Waals surface area (Å²) in [6.07, 6.45) is 3.69. The van der Waals surface area contributed by atoms with Crippen molar-refractivity contribution in [2.24, 2.45) is 0 Å². The Morgan fingerprint density at radius 2 is 1.96 bits per heavy atom. The lowest BCUT2D eigenvalue weighted by Gasteiger charge is -2.24. The highest BCUT2D eigenvalue weighted by atomic mass is 16.2. The Hall–Kier alpha value is -2.43. The van der Waals surface area contributed by atoms with Gasteiger partial charge in [0.15, 0.2) is 0 Å². The van der Waals surface area contributed by atoms with Gasteiger partial charge in [-0.2, -0.15) is 5.10 Å². The number of rotatable bonds is 5. The second-order valence-corrected chi connectivity index (χ2v) is 6.76. The number of aryl methyl sites for hydroxylation is 2. The highest BCUT2D eigenvalue weighted by Crippen LogP contribution is 2.23. The third-order valence-corrected chi connectivity index (χ3v) is 4.75. The number of nitrogens with zero attached hydrogens (tertiary/aromatic N) is 3. The van der Waals surface area contributed by atoms with Gasteiger partial charge in [-0.1, -0.05) is 36.8 Å². The molecule has 1 amide bonds.